The predicted octanol–water partition coefficient (Wildman–Crippen LogP) is 0.192. The molecular weight excluding hydrogens is 276 g/mol. The van der Waals surface area contributed by atoms with E-state index >= 15 is 0 Å². The molecule has 1 aromatic heterocycles. The second-order valence-corrected chi connectivity index (χ2v) is 5.98. The maximum Gasteiger partial charge on any atom is 0.336 e. The Balaban J connectivity index is 2.48. The third-order valence-electron chi connectivity index (χ3n) is 2.74. The van der Waals surface area contributed by atoms with Gasteiger partial charge in [0.2, 0.25) is 12.4 Å². The van der Waals surface area contributed by atoms with E-state index in [0.29, 0.717) is 5.22 Å². The summed E-state index contributed by atoms with van der Waals surface area (Å²) in [6.45, 7) is 3.32. The smallest absolute Gasteiger partial charge is 0.336 e. The van der Waals surface area contributed by atoms with E-state index in [1.54, 1.807) is 12.1 Å². The molecule has 0 saturated carbocycles. The summed E-state index contributed by atoms with van der Waals surface area (Å²) in [5, 5.41) is 11.6. The van der Waals surface area contributed by atoms with Crippen molar-refractivity contribution < 1.29 is 17.9 Å². The topological polar surface area (TPSA) is 75.5 Å². The molecule has 20 heavy (non-hydrogen) atoms. The highest BCUT2D eigenvalue weighted by Gasteiger charge is 2.16. The van der Waals surface area contributed by atoms with Gasteiger partial charge in [-0.25, -0.2) is 0 Å². The van der Waals surface area contributed by atoms with Crippen LogP contribution in [0.3, 0.4) is 0 Å². The van der Waals surface area contributed by atoms with Crippen molar-refractivity contribution in [1.82, 2.24) is 0 Å². The number of sulfonamides is 1. The van der Waals surface area contributed by atoms with Crippen molar-refractivity contribution in [3.05, 3.63) is 59.6 Å². The number of rotatable bonds is 2. The van der Waals surface area contributed by atoms with Crippen LogP contribution in [0.5, 0.6) is 0 Å². The molecule has 0 fully saturated rings. The van der Waals surface area contributed by atoms with Crippen LogP contribution in [-0.4, -0.2) is 8.42 Å². The highest BCUT2D eigenvalue weighted by atomic mass is 32.2. The zero-order chi connectivity index (χ0) is 14.8. The minimum absolute atomic E-state index is 0.0847. The van der Waals surface area contributed by atoms with Gasteiger partial charge in [-0.05, 0) is 28.6 Å². The SMILES string of the molecule is CC([O-])=c1cc[n+](=NS(=O)(=O)c2ccc(C)cc2)cc1. The number of nitrogens with zero attached hydrogens (tertiary/aromatic N) is 2. The van der Waals surface area contributed by atoms with E-state index in [-0.39, 0.29) is 10.7 Å². The first-order valence-electron chi connectivity index (χ1n) is 5.96. The van der Waals surface area contributed by atoms with Crippen molar-refractivity contribution in [2.75, 3.05) is 0 Å². The first-order chi connectivity index (χ1) is 9.38. The molecule has 0 spiro atoms. The summed E-state index contributed by atoms with van der Waals surface area (Å²) in [5.74, 6) is -0.0847. The average Bonchev–Trinajstić information content (AvgIpc) is 2.39. The predicted molar refractivity (Wildman–Crippen MR) is 71.5 cm³/mol. The van der Waals surface area contributed by atoms with Crippen LogP contribution in [-0.2, 0) is 10.0 Å². The monoisotopic (exact) mass is 290 g/mol. The summed E-state index contributed by atoms with van der Waals surface area (Å²) in [6.07, 6.45) is 2.87. The lowest BCUT2D eigenvalue weighted by Gasteiger charge is -2.00. The van der Waals surface area contributed by atoms with Crippen molar-refractivity contribution in [1.29, 1.82) is 0 Å². The third kappa shape index (κ3) is 3.21. The Morgan fingerprint density at radius 3 is 2.15 bits per heavy atom. The van der Waals surface area contributed by atoms with Gasteiger partial charge in [0.05, 0.1) is 4.90 Å². The van der Waals surface area contributed by atoms with Crippen molar-refractivity contribution in [2.24, 2.45) is 4.52 Å². The van der Waals surface area contributed by atoms with Gasteiger partial charge < -0.3 is 5.11 Å². The molecule has 0 atom stereocenters. The normalized spacial score (nSPS) is 11.1. The number of aryl methyl sites for hydroxylation is 1. The molecule has 0 aliphatic rings. The zero-order valence-corrected chi connectivity index (χ0v) is 12.0. The summed E-state index contributed by atoms with van der Waals surface area (Å²) < 4.78 is 29.0. The molecule has 0 unspecified atom stereocenters. The van der Waals surface area contributed by atoms with Crippen LogP contribution in [0.2, 0.25) is 0 Å². The molecule has 0 aliphatic heterocycles. The summed E-state index contributed by atoms with van der Waals surface area (Å²) in [5.41, 5.74) is 0.974. The van der Waals surface area contributed by atoms with Crippen LogP contribution in [0, 0.1) is 6.92 Å². The first kappa shape index (κ1) is 14.2. The van der Waals surface area contributed by atoms with Crippen LogP contribution < -0.4 is 14.7 Å². The lowest BCUT2D eigenvalue weighted by Crippen LogP contribution is -2.23. The van der Waals surface area contributed by atoms with Crippen LogP contribution in [0.15, 0.2) is 58.2 Å². The zero-order valence-electron chi connectivity index (χ0n) is 11.1. The molecule has 1 aromatic carbocycles. The number of pyridine rings is 1. The van der Waals surface area contributed by atoms with E-state index in [0.717, 1.165) is 5.56 Å². The number of hydrogen-bond acceptors (Lipinski definition) is 3. The van der Waals surface area contributed by atoms with E-state index in [1.165, 1.54) is 47.9 Å². The molecule has 104 valence electrons. The van der Waals surface area contributed by atoms with Gasteiger partial charge in [-0.2, -0.15) is 8.42 Å². The maximum absolute atomic E-state index is 12.1. The fourth-order valence-corrected chi connectivity index (χ4v) is 2.52. The fraction of sp³-hybridized carbons (Fsp3) is 0.143. The van der Waals surface area contributed by atoms with Crippen LogP contribution in [0.4, 0.5) is 0 Å². The van der Waals surface area contributed by atoms with E-state index in [4.69, 9.17) is 0 Å². The van der Waals surface area contributed by atoms with Crippen molar-refractivity contribution in [3.63, 3.8) is 0 Å². The molecule has 0 amide bonds. The quantitative estimate of drug-likeness (QED) is 0.741. The van der Waals surface area contributed by atoms with Crippen molar-refractivity contribution >= 4 is 15.8 Å². The molecule has 0 bridgehead atoms. The second kappa shape index (κ2) is 5.42. The third-order valence-corrected chi connectivity index (χ3v) is 4.01. The van der Waals surface area contributed by atoms with E-state index in [9.17, 15) is 13.5 Å². The van der Waals surface area contributed by atoms with Gasteiger partial charge in [0.15, 0.2) is 0 Å². The van der Waals surface area contributed by atoms with Crippen LogP contribution >= 0.6 is 0 Å². The number of benzene rings is 1. The van der Waals surface area contributed by atoms with E-state index < -0.39 is 10.0 Å². The first-order valence-corrected chi connectivity index (χ1v) is 7.40. The van der Waals surface area contributed by atoms with Gasteiger partial charge in [0, 0.05) is 12.1 Å². The van der Waals surface area contributed by atoms with Gasteiger partial charge in [-0.1, -0.05) is 24.6 Å². The van der Waals surface area contributed by atoms with Crippen LogP contribution in [0.1, 0.15) is 12.5 Å². The van der Waals surface area contributed by atoms with Gasteiger partial charge >= 0.3 is 10.0 Å². The molecular formula is C14H14N2O3S. The minimum atomic E-state index is -3.76. The van der Waals surface area contributed by atoms with Crippen LogP contribution in [0.25, 0.3) is 5.76 Å². The Morgan fingerprint density at radius 2 is 1.65 bits per heavy atom. The van der Waals surface area contributed by atoms with Gasteiger partial charge in [-0.15, -0.1) is 5.76 Å². The Bertz CT molecular complexity index is 813. The van der Waals surface area contributed by atoms with E-state index in [1.807, 2.05) is 6.92 Å². The lowest BCUT2D eigenvalue weighted by molar-refractivity contribution is -0.538. The summed E-state index contributed by atoms with van der Waals surface area (Å²) in [6, 6.07) is 9.50. The Hall–Kier alpha value is -2.21. The lowest BCUT2D eigenvalue weighted by atomic mass is 10.2. The van der Waals surface area contributed by atoms with Crippen molar-refractivity contribution in [3.8, 4) is 0 Å². The molecule has 1 heterocycles. The number of aromatic nitrogens is 1. The van der Waals surface area contributed by atoms with E-state index in [2.05, 4.69) is 4.52 Å². The summed E-state index contributed by atoms with van der Waals surface area (Å²) >= 11 is 0. The van der Waals surface area contributed by atoms with Gasteiger partial charge in [0.1, 0.15) is 4.52 Å². The molecule has 6 heteroatoms. The molecule has 0 radical (unpaired) electrons. The molecule has 5 nitrogen and oxygen atoms in total. The molecule has 2 rings (SSSR count). The Kier molecular flexibility index (Phi) is 3.85. The molecule has 0 N–H and O–H groups in total. The van der Waals surface area contributed by atoms with Gasteiger partial charge in [-0.3, -0.25) is 0 Å². The number of hydrogen-bond donors (Lipinski definition) is 0. The molecule has 0 saturated heterocycles. The highest BCUT2D eigenvalue weighted by molar-refractivity contribution is 7.89. The molecule has 0 aliphatic carbocycles. The summed E-state index contributed by atoms with van der Waals surface area (Å²) in [4.78, 5) is 0.131. The Morgan fingerprint density at radius 1 is 1.10 bits per heavy atom. The minimum Gasteiger partial charge on any atom is -0.875 e. The second-order valence-electron chi connectivity index (χ2n) is 4.39. The standard InChI is InChI=1S/C14H14N2O3S/c1-11-3-5-14(6-4-11)20(18,19)15-16-9-7-13(8-10-16)12(2)17/h3-10H,1-2H3. The largest absolute Gasteiger partial charge is 0.875 e. The van der Waals surface area contributed by atoms with Crippen molar-refractivity contribution in [2.45, 2.75) is 18.7 Å². The average molecular weight is 290 g/mol. The Labute approximate surface area is 117 Å². The fourth-order valence-electron chi connectivity index (χ4n) is 1.59. The molecule has 2 aromatic rings. The summed E-state index contributed by atoms with van der Waals surface area (Å²) in [7, 11) is -3.76. The highest BCUT2D eigenvalue weighted by Crippen LogP contribution is 2.11. The van der Waals surface area contributed by atoms with Gasteiger partial charge in [0.25, 0.3) is 0 Å². The maximum atomic E-state index is 12.1.